The first-order chi connectivity index (χ1) is 5.27. The average Bonchev–Trinajstić information content (AvgIpc) is 2.68. The topological polar surface area (TPSA) is 3.01 Å². The van der Waals surface area contributed by atoms with Crippen molar-refractivity contribution < 1.29 is 0 Å². The molecule has 0 bridgehead atoms. The number of rotatable bonds is 5. The summed E-state index contributed by atoms with van der Waals surface area (Å²) in [6, 6.07) is 0.939. The molecule has 3 atom stereocenters. The van der Waals surface area contributed by atoms with E-state index in [-0.39, 0.29) is 0 Å². The molecule has 1 saturated heterocycles. The fourth-order valence-electron chi connectivity index (χ4n) is 1.82. The van der Waals surface area contributed by atoms with Gasteiger partial charge in [0, 0.05) is 19.1 Å². The molecule has 0 aromatic rings. The second-order valence-corrected chi connectivity index (χ2v) is 3.91. The van der Waals surface area contributed by atoms with E-state index in [0.717, 1.165) is 12.0 Å². The van der Waals surface area contributed by atoms with Crippen LogP contribution >= 0.6 is 0 Å². The summed E-state index contributed by atoms with van der Waals surface area (Å²) in [6.45, 7) is 9.64. The van der Waals surface area contributed by atoms with Crippen LogP contribution in [0.1, 0.15) is 40.0 Å². The summed E-state index contributed by atoms with van der Waals surface area (Å²) >= 11 is 0. The molecule has 0 radical (unpaired) electrons. The Morgan fingerprint density at radius 1 is 1.45 bits per heavy atom. The minimum absolute atomic E-state index is 0.913. The van der Waals surface area contributed by atoms with E-state index in [1.165, 1.54) is 32.4 Å². The van der Waals surface area contributed by atoms with Crippen molar-refractivity contribution in [3.05, 3.63) is 0 Å². The van der Waals surface area contributed by atoms with Gasteiger partial charge < -0.3 is 0 Å². The van der Waals surface area contributed by atoms with Crippen molar-refractivity contribution in [2.75, 3.05) is 13.1 Å². The Balaban J connectivity index is 2.03. The van der Waals surface area contributed by atoms with Gasteiger partial charge in [-0.2, -0.15) is 0 Å². The van der Waals surface area contributed by atoms with Crippen LogP contribution in [0, 0.1) is 5.92 Å². The Bertz CT molecular complexity index is 111. The van der Waals surface area contributed by atoms with Crippen molar-refractivity contribution in [3.63, 3.8) is 0 Å². The molecule has 11 heavy (non-hydrogen) atoms. The van der Waals surface area contributed by atoms with Crippen molar-refractivity contribution in [2.45, 2.75) is 46.1 Å². The predicted molar refractivity (Wildman–Crippen MR) is 49.7 cm³/mol. The van der Waals surface area contributed by atoms with E-state index < -0.39 is 0 Å². The molecule has 0 aliphatic carbocycles. The van der Waals surface area contributed by atoms with Crippen LogP contribution in [0.15, 0.2) is 0 Å². The molecular weight excluding hydrogens is 134 g/mol. The molecule has 0 saturated carbocycles. The third-order valence-electron chi connectivity index (χ3n) is 2.63. The van der Waals surface area contributed by atoms with Gasteiger partial charge in [0.2, 0.25) is 0 Å². The van der Waals surface area contributed by atoms with Gasteiger partial charge in [-0.3, -0.25) is 4.90 Å². The Morgan fingerprint density at radius 3 is 2.64 bits per heavy atom. The number of hydrogen-bond donors (Lipinski definition) is 0. The summed E-state index contributed by atoms with van der Waals surface area (Å²) < 4.78 is 0. The largest absolute Gasteiger partial charge is 0.297 e. The van der Waals surface area contributed by atoms with Crippen molar-refractivity contribution >= 4 is 0 Å². The zero-order valence-corrected chi connectivity index (χ0v) is 8.14. The maximum Gasteiger partial charge on any atom is 0.0221 e. The average molecular weight is 155 g/mol. The van der Waals surface area contributed by atoms with Gasteiger partial charge in [0.25, 0.3) is 0 Å². The Labute approximate surface area is 70.8 Å². The first kappa shape index (κ1) is 9.05. The van der Waals surface area contributed by atoms with Crippen LogP contribution in [-0.4, -0.2) is 24.0 Å². The smallest absolute Gasteiger partial charge is 0.0221 e. The molecule has 0 N–H and O–H groups in total. The van der Waals surface area contributed by atoms with Gasteiger partial charge in [0.15, 0.2) is 0 Å². The second-order valence-electron chi connectivity index (χ2n) is 3.91. The van der Waals surface area contributed by atoms with Crippen LogP contribution in [0.4, 0.5) is 0 Å². The third kappa shape index (κ3) is 2.82. The lowest BCUT2D eigenvalue weighted by Crippen LogP contribution is -2.12. The summed E-state index contributed by atoms with van der Waals surface area (Å²) in [4.78, 5) is 2.60. The van der Waals surface area contributed by atoms with E-state index in [1.54, 1.807) is 0 Å². The predicted octanol–water partition coefficient (Wildman–Crippen LogP) is 2.52. The van der Waals surface area contributed by atoms with Gasteiger partial charge in [-0.25, -0.2) is 0 Å². The van der Waals surface area contributed by atoms with Gasteiger partial charge in [0.05, 0.1) is 0 Å². The monoisotopic (exact) mass is 155 g/mol. The summed E-state index contributed by atoms with van der Waals surface area (Å²) in [6.07, 6.45) is 4.08. The summed E-state index contributed by atoms with van der Waals surface area (Å²) in [7, 11) is 0. The molecule has 1 aliphatic heterocycles. The Kier molecular flexibility index (Phi) is 3.38. The quantitative estimate of drug-likeness (QED) is 0.551. The second kappa shape index (κ2) is 4.10. The summed E-state index contributed by atoms with van der Waals surface area (Å²) in [5.74, 6) is 0.913. The molecule has 1 fully saturated rings. The van der Waals surface area contributed by atoms with Crippen molar-refractivity contribution in [2.24, 2.45) is 5.92 Å². The molecule has 1 heteroatoms. The van der Waals surface area contributed by atoms with Crippen molar-refractivity contribution in [3.8, 4) is 0 Å². The Hall–Kier alpha value is -0.0400. The first-order valence-corrected chi connectivity index (χ1v) is 5.02. The summed E-state index contributed by atoms with van der Waals surface area (Å²) in [5.41, 5.74) is 0. The number of nitrogens with zero attached hydrogens (tertiary/aromatic N) is 1. The lowest BCUT2D eigenvalue weighted by Gasteiger charge is -2.10. The van der Waals surface area contributed by atoms with E-state index >= 15 is 0 Å². The van der Waals surface area contributed by atoms with Gasteiger partial charge >= 0.3 is 0 Å². The zero-order chi connectivity index (χ0) is 8.27. The van der Waals surface area contributed by atoms with Crippen molar-refractivity contribution in [1.82, 2.24) is 4.90 Å². The molecule has 0 aromatic carbocycles. The van der Waals surface area contributed by atoms with E-state index in [9.17, 15) is 0 Å². The van der Waals surface area contributed by atoms with Gasteiger partial charge in [-0.15, -0.1) is 0 Å². The maximum atomic E-state index is 2.60. The molecule has 0 amide bonds. The van der Waals surface area contributed by atoms with E-state index in [1.807, 2.05) is 0 Å². The number of hydrogen-bond acceptors (Lipinski definition) is 1. The molecule has 1 rings (SSSR count). The highest BCUT2D eigenvalue weighted by atomic mass is 15.3. The standard InChI is InChI=1S/C10H21N/c1-4-6-9(3)7-11-8-10(11)5-2/h9-10H,4-8H2,1-3H3. The van der Waals surface area contributed by atoms with Crippen LogP contribution in [0.3, 0.4) is 0 Å². The normalized spacial score (nSPS) is 31.9. The fraction of sp³-hybridized carbons (Fsp3) is 1.00. The minimum Gasteiger partial charge on any atom is -0.297 e. The first-order valence-electron chi connectivity index (χ1n) is 5.02. The molecule has 1 nitrogen and oxygen atoms in total. The molecular formula is C10H21N. The molecule has 1 aliphatic rings. The van der Waals surface area contributed by atoms with E-state index in [4.69, 9.17) is 0 Å². The lowest BCUT2D eigenvalue weighted by atomic mass is 10.1. The molecule has 0 aromatic heterocycles. The van der Waals surface area contributed by atoms with Gasteiger partial charge in [-0.1, -0.05) is 27.2 Å². The highest BCUT2D eigenvalue weighted by Crippen LogP contribution is 2.22. The maximum absolute atomic E-state index is 2.60. The Morgan fingerprint density at radius 2 is 2.18 bits per heavy atom. The van der Waals surface area contributed by atoms with Crippen LogP contribution < -0.4 is 0 Å². The molecule has 0 spiro atoms. The van der Waals surface area contributed by atoms with E-state index in [2.05, 4.69) is 25.7 Å². The fourth-order valence-corrected chi connectivity index (χ4v) is 1.82. The van der Waals surface area contributed by atoms with Crippen LogP contribution in [0.2, 0.25) is 0 Å². The van der Waals surface area contributed by atoms with Crippen LogP contribution in [0.5, 0.6) is 0 Å². The molecule has 3 unspecified atom stereocenters. The summed E-state index contributed by atoms with van der Waals surface area (Å²) in [5, 5.41) is 0. The third-order valence-corrected chi connectivity index (χ3v) is 2.63. The molecule has 66 valence electrons. The van der Waals surface area contributed by atoms with Crippen LogP contribution in [-0.2, 0) is 0 Å². The highest BCUT2D eigenvalue weighted by Gasteiger charge is 2.32. The minimum atomic E-state index is 0.913. The van der Waals surface area contributed by atoms with Crippen LogP contribution in [0.25, 0.3) is 0 Å². The van der Waals surface area contributed by atoms with Crippen molar-refractivity contribution in [1.29, 1.82) is 0 Å². The highest BCUT2D eigenvalue weighted by molar-refractivity contribution is 4.88. The van der Waals surface area contributed by atoms with Gasteiger partial charge in [0.1, 0.15) is 0 Å². The lowest BCUT2D eigenvalue weighted by molar-refractivity contribution is 0.384. The molecule has 1 heterocycles. The SMILES string of the molecule is CCCC(C)CN1CC1CC. The van der Waals surface area contributed by atoms with Gasteiger partial charge in [-0.05, 0) is 18.8 Å². The van der Waals surface area contributed by atoms with E-state index in [0.29, 0.717) is 0 Å². The zero-order valence-electron chi connectivity index (χ0n) is 8.14.